The van der Waals surface area contributed by atoms with Gasteiger partial charge in [0.15, 0.2) is 34.0 Å². The largest absolute Gasteiger partial charge is 0.463 e. The molecule has 11 nitrogen and oxygen atoms in total. The summed E-state index contributed by atoms with van der Waals surface area (Å²) in [5, 5.41) is 0.115. The van der Waals surface area contributed by atoms with Crippen LogP contribution in [0.4, 0.5) is 0 Å². The van der Waals surface area contributed by atoms with E-state index in [1.165, 1.54) is 31.7 Å². The van der Waals surface area contributed by atoms with Crippen LogP contribution in [0.3, 0.4) is 0 Å². The van der Waals surface area contributed by atoms with Gasteiger partial charge in [0.05, 0.1) is 0 Å². The number of nitrogens with zero attached hydrogens (tertiary/aromatic N) is 4. The molecule has 0 aliphatic carbocycles. The SMILES string of the molecule is CC(=O)OC[C@H]1O[C@@H](n2c(Br)nc3c(Cl)ncnc32)[C@H](OC(C)=O)[C@@H]1OC(C)=O. The van der Waals surface area contributed by atoms with Crippen LogP contribution < -0.4 is 0 Å². The van der Waals surface area contributed by atoms with Crippen LogP contribution in [0.5, 0.6) is 0 Å². The maximum absolute atomic E-state index is 11.7. The summed E-state index contributed by atoms with van der Waals surface area (Å²) in [5.41, 5.74) is 0.590. The van der Waals surface area contributed by atoms with Gasteiger partial charge in [0.2, 0.25) is 0 Å². The van der Waals surface area contributed by atoms with Crippen LogP contribution >= 0.6 is 27.5 Å². The van der Waals surface area contributed by atoms with Crippen molar-refractivity contribution in [2.24, 2.45) is 0 Å². The van der Waals surface area contributed by atoms with E-state index in [-0.39, 0.29) is 16.5 Å². The van der Waals surface area contributed by atoms with Crippen LogP contribution in [-0.4, -0.2) is 62.3 Å². The van der Waals surface area contributed by atoms with Gasteiger partial charge < -0.3 is 18.9 Å². The van der Waals surface area contributed by atoms with Crippen LogP contribution in [0.1, 0.15) is 27.0 Å². The van der Waals surface area contributed by atoms with Crippen molar-refractivity contribution < 1.29 is 33.3 Å². The van der Waals surface area contributed by atoms with Gasteiger partial charge in [-0.3, -0.25) is 19.0 Å². The molecule has 1 aliphatic rings. The van der Waals surface area contributed by atoms with E-state index in [1.807, 2.05) is 0 Å². The summed E-state index contributed by atoms with van der Waals surface area (Å²) < 4.78 is 23.5. The molecule has 3 rings (SSSR count). The van der Waals surface area contributed by atoms with E-state index in [9.17, 15) is 14.4 Å². The summed E-state index contributed by atoms with van der Waals surface area (Å²) in [6.07, 6.45) is -2.78. The second kappa shape index (κ2) is 8.59. The second-order valence-electron chi connectivity index (χ2n) is 6.10. The molecule has 13 heteroatoms. The lowest BCUT2D eigenvalue weighted by Gasteiger charge is -2.24. The zero-order valence-electron chi connectivity index (χ0n) is 15.5. The van der Waals surface area contributed by atoms with Gasteiger partial charge in [-0.15, -0.1) is 0 Å². The van der Waals surface area contributed by atoms with Crippen LogP contribution in [0.2, 0.25) is 5.15 Å². The molecule has 0 saturated carbocycles. The Balaban J connectivity index is 2.07. The molecule has 0 bridgehead atoms. The minimum absolute atomic E-state index is 0.115. The number of aromatic nitrogens is 4. The Bertz CT molecular complexity index is 968. The first-order valence-corrected chi connectivity index (χ1v) is 9.53. The zero-order chi connectivity index (χ0) is 21.3. The molecule has 3 heterocycles. The number of esters is 3. The smallest absolute Gasteiger partial charge is 0.303 e. The number of rotatable bonds is 5. The lowest BCUT2D eigenvalue weighted by atomic mass is 10.1. The van der Waals surface area contributed by atoms with Crippen LogP contribution in [0, 0.1) is 0 Å². The van der Waals surface area contributed by atoms with Crippen molar-refractivity contribution in [1.82, 2.24) is 19.5 Å². The van der Waals surface area contributed by atoms with Gasteiger partial charge in [-0.2, -0.15) is 0 Å². The van der Waals surface area contributed by atoms with E-state index >= 15 is 0 Å². The second-order valence-corrected chi connectivity index (χ2v) is 7.17. The van der Waals surface area contributed by atoms with Crippen LogP contribution in [-0.2, 0) is 33.3 Å². The fraction of sp³-hybridized carbons (Fsp3) is 0.500. The number of hydrogen-bond acceptors (Lipinski definition) is 10. The monoisotopic (exact) mass is 490 g/mol. The molecule has 0 N–H and O–H groups in total. The van der Waals surface area contributed by atoms with E-state index in [0.717, 1.165) is 0 Å². The van der Waals surface area contributed by atoms with Gasteiger partial charge in [0.25, 0.3) is 0 Å². The molecule has 2 aromatic heterocycles. The number of ether oxygens (including phenoxy) is 4. The zero-order valence-corrected chi connectivity index (χ0v) is 17.8. The van der Waals surface area contributed by atoms with Crippen molar-refractivity contribution in [2.45, 2.75) is 45.3 Å². The number of fused-ring (bicyclic) bond motifs is 1. The Morgan fingerprint density at radius 2 is 1.79 bits per heavy atom. The van der Waals surface area contributed by atoms with Crippen molar-refractivity contribution in [1.29, 1.82) is 0 Å². The predicted molar refractivity (Wildman–Crippen MR) is 99.7 cm³/mol. The molecule has 1 fully saturated rings. The molecule has 0 amide bonds. The van der Waals surface area contributed by atoms with Crippen molar-refractivity contribution in [2.75, 3.05) is 6.61 Å². The third-order valence-electron chi connectivity index (χ3n) is 3.98. The number of halogens is 2. The fourth-order valence-electron chi connectivity index (χ4n) is 2.98. The van der Waals surface area contributed by atoms with Gasteiger partial charge in [-0.25, -0.2) is 15.0 Å². The number of hydrogen-bond donors (Lipinski definition) is 0. The van der Waals surface area contributed by atoms with Crippen molar-refractivity contribution in [3.63, 3.8) is 0 Å². The maximum atomic E-state index is 11.7. The number of carbonyl (C=O) groups is 3. The molecule has 0 unspecified atom stereocenters. The minimum atomic E-state index is -1.07. The average molecular weight is 492 g/mol. The van der Waals surface area contributed by atoms with Gasteiger partial charge in [0.1, 0.15) is 24.6 Å². The Kier molecular flexibility index (Phi) is 6.34. The van der Waals surface area contributed by atoms with E-state index < -0.39 is 42.4 Å². The summed E-state index contributed by atoms with van der Waals surface area (Å²) in [6.45, 7) is 3.43. The standard InChI is InChI=1S/C16H16BrClN4O7/c1-6(23)26-4-9-11(27-7(2)24)12(28-8(3)25)15(29-9)22-14-10(21-16(22)17)13(18)19-5-20-14/h5,9,11-12,15H,4H2,1-3H3/t9-,11-,12-,15-/m1/s1. The summed E-state index contributed by atoms with van der Waals surface area (Å²) in [7, 11) is 0. The molecule has 2 aromatic rings. The minimum Gasteiger partial charge on any atom is -0.463 e. The van der Waals surface area contributed by atoms with E-state index in [1.54, 1.807) is 0 Å². The van der Waals surface area contributed by atoms with E-state index in [0.29, 0.717) is 11.2 Å². The van der Waals surface area contributed by atoms with Gasteiger partial charge in [-0.1, -0.05) is 11.6 Å². The highest BCUT2D eigenvalue weighted by Gasteiger charge is 2.51. The molecule has 0 aromatic carbocycles. The molecule has 0 radical (unpaired) electrons. The topological polar surface area (TPSA) is 132 Å². The van der Waals surface area contributed by atoms with E-state index in [2.05, 4.69) is 30.9 Å². The molecule has 29 heavy (non-hydrogen) atoms. The average Bonchev–Trinajstić information content (AvgIpc) is 3.11. The molecule has 156 valence electrons. The highest BCUT2D eigenvalue weighted by Crippen LogP contribution is 2.38. The summed E-state index contributed by atoms with van der Waals surface area (Å²) in [4.78, 5) is 46.9. The van der Waals surface area contributed by atoms with Crippen LogP contribution in [0.15, 0.2) is 11.1 Å². The molecule has 4 atom stereocenters. The van der Waals surface area contributed by atoms with Crippen molar-refractivity contribution in [3.8, 4) is 0 Å². The molecule has 1 saturated heterocycles. The summed E-state index contributed by atoms with van der Waals surface area (Å²) in [5.74, 6) is -1.79. The number of imidazole rings is 1. The summed E-state index contributed by atoms with van der Waals surface area (Å²) in [6, 6.07) is 0. The van der Waals surface area contributed by atoms with Crippen molar-refractivity contribution in [3.05, 3.63) is 16.2 Å². The molecular formula is C16H16BrClN4O7. The van der Waals surface area contributed by atoms with Crippen LogP contribution in [0.25, 0.3) is 11.2 Å². The first-order chi connectivity index (χ1) is 13.7. The highest BCUT2D eigenvalue weighted by atomic mass is 79.9. The predicted octanol–water partition coefficient (Wildman–Crippen LogP) is 1.57. The first-order valence-electron chi connectivity index (χ1n) is 8.36. The fourth-order valence-corrected chi connectivity index (χ4v) is 3.70. The first kappa shape index (κ1) is 21.4. The lowest BCUT2D eigenvalue weighted by Crippen LogP contribution is -2.40. The third kappa shape index (κ3) is 4.49. The normalized spacial score (nSPS) is 23.8. The molecule has 1 aliphatic heterocycles. The lowest BCUT2D eigenvalue weighted by molar-refractivity contribution is -0.166. The Labute approximate surface area is 177 Å². The molecular weight excluding hydrogens is 476 g/mol. The number of carbonyl (C=O) groups excluding carboxylic acids is 3. The highest BCUT2D eigenvalue weighted by molar-refractivity contribution is 9.10. The van der Waals surface area contributed by atoms with E-state index in [4.69, 9.17) is 30.5 Å². The Morgan fingerprint density at radius 3 is 2.41 bits per heavy atom. The third-order valence-corrected chi connectivity index (χ3v) is 4.82. The summed E-state index contributed by atoms with van der Waals surface area (Å²) >= 11 is 9.39. The van der Waals surface area contributed by atoms with Gasteiger partial charge in [-0.05, 0) is 15.9 Å². The molecule has 0 spiro atoms. The van der Waals surface area contributed by atoms with Crippen molar-refractivity contribution >= 4 is 56.6 Å². The maximum Gasteiger partial charge on any atom is 0.303 e. The van der Waals surface area contributed by atoms with Gasteiger partial charge in [0, 0.05) is 20.8 Å². The quantitative estimate of drug-likeness (QED) is 0.263. The Hall–Kier alpha value is -2.31. The van der Waals surface area contributed by atoms with Gasteiger partial charge >= 0.3 is 17.9 Å². The Morgan fingerprint density at radius 1 is 1.14 bits per heavy atom.